The lowest BCUT2D eigenvalue weighted by molar-refractivity contribution is -0.120. The smallest absolute Gasteiger partial charge is 0.329 e. The van der Waals surface area contributed by atoms with E-state index in [1.807, 2.05) is 35.1 Å². The highest BCUT2D eigenvalue weighted by Crippen LogP contribution is 2.28. The van der Waals surface area contributed by atoms with E-state index in [9.17, 15) is 18.0 Å². The molecule has 2 N–H and O–H groups in total. The average Bonchev–Trinajstić information content (AvgIpc) is 2.86. The Morgan fingerprint density at radius 2 is 1.64 bits per heavy atom. The molecule has 0 aromatic heterocycles. The number of halogens is 2. The van der Waals surface area contributed by atoms with E-state index in [0.717, 1.165) is 5.56 Å². The van der Waals surface area contributed by atoms with Crippen molar-refractivity contribution in [3.8, 4) is 5.75 Å². The van der Waals surface area contributed by atoms with E-state index in [4.69, 9.17) is 27.9 Å². The van der Waals surface area contributed by atoms with Gasteiger partial charge in [-0.05, 0) is 48.9 Å². The number of rotatable bonds is 9. The number of carbonyl (C=O) groups excluding carboxylic acids is 2. The van der Waals surface area contributed by atoms with Crippen molar-refractivity contribution in [3.05, 3.63) is 88.4 Å². The maximum atomic E-state index is 13.6. The van der Waals surface area contributed by atoms with Gasteiger partial charge in [0.25, 0.3) is 10.0 Å². The lowest BCUT2D eigenvalue weighted by Gasteiger charge is -2.27. The van der Waals surface area contributed by atoms with E-state index in [1.54, 1.807) is 38.3 Å². The minimum absolute atomic E-state index is 0.0233. The Labute approximate surface area is 220 Å². The molecule has 0 radical (unpaired) electrons. The van der Waals surface area contributed by atoms with Gasteiger partial charge in [0.1, 0.15) is 16.7 Å². The van der Waals surface area contributed by atoms with Crippen LogP contribution in [0.1, 0.15) is 12.5 Å². The number of nitrogens with one attached hydrogen (secondary N) is 2. The van der Waals surface area contributed by atoms with Crippen LogP contribution in [0.25, 0.3) is 0 Å². The summed E-state index contributed by atoms with van der Waals surface area (Å²) in [6.45, 7) is 2.11. The molecule has 3 amide bonds. The molecule has 36 heavy (non-hydrogen) atoms. The van der Waals surface area contributed by atoms with Crippen LogP contribution in [-0.4, -0.2) is 40.1 Å². The second-order valence-electron chi connectivity index (χ2n) is 7.65. The predicted molar refractivity (Wildman–Crippen MR) is 140 cm³/mol. The first kappa shape index (κ1) is 27.3. The molecule has 8 nitrogen and oxygen atoms in total. The van der Waals surface area contributed by atoms with Gasteiger partial charge < -0.3 is 15.0 Å². The van der Waals surface area contributed by atoms with Crippen LogP contribution in [0.4, 0.5) is 10.5 Å². The molecule has 11 heteroatoms. The predicted octanol–water partition coefficient (Wildman–Crippen LogP) is 4.65. The Balaban J connectivity index is 1.86. The number of benzene rings is 3. The summed E-state index contributed by atoms with van der Waals surface area (Å²) in [5.74, 6) is 0.213. The van der Waals surface area contributed by atoms with Crippen LogP contribution in [0.5, 0.6) is 5.75 Å². The summed E-state index contributed by atoms with van der Waals surface area (Å²) < 4.78 is 32.6. The first-order valence-corrected chi connectivity index (χ1v) is 13.2. The van der Waals surface area contributed by atoms with E-state index in [0.29, 0.717) is 18.0 Å². The molecule has 0 saturated carbocycles. The number of amides is 3. The fraction of sp³-hybridized carbons (Fsp3) is 0.200. The second-order valence-corrected chi connectivity index (χ2v) is 10.1. The molecule has 1 atom stereocenters. The van der Waals surface area contributed by atoms with Gasteiger partial charge >= 0.3 is 6.03 Å². The summed E-state index contributed by atoms with van der Waals surface area (Å²) in [5.41, 5.74) is 1.38. The lowest BCUT2D eigenvalue weighted by atomic mass is 10.0. The zero-order valence-electron chi connectivity index (χ0n) is 19.6. The first-order chi connectivity index (χ1) is 17.2. The monoisotopic (exact) mass is 549 g/mol. The maximum Gasteiger partial charge on any atom is 0.329 e. The summed E-state index contributed by atoms with van der Waals surface area (Å²) in [6, 6.07) is 17.9. The Morgan fingerprint density at radius 3 is 2.25 bits per heavy atom. The van der Waals surface area contributed by atoms with E-state index in [1.165, 1.54) is 23.1 Å². The Morgan fingerprint density at radius 1 is 0.972 bits per heavy atom. The highest BCUT2D eigenvalue weighted by molar-refractivity contribution is 7.90. The van der Waals surface area contributed by atoms with Gasteiger partial charge in [-0.1, -0.05) is 59.6 Å². The number of likely N-dealkylation sites (N-methyl/N-ethyl adjacent to an activating group) is 1. The molecule has 0 heterocycles. The van der Waals surface area contributed by atoms with Crippen molar-refractivity contribution in [1.29, 1.82) is 0 Å². The number of methoxy groups -OCH3 is 1. The third kappa shape index (κ3) is 6.69. The summed E-state index contributed by atoms with van der Waals surface area (Å²) in [6.07, 6.45) is 0.137. The molecule has 3 aromatic rings. The zero-order chi connectivity index (χ0) is 26.3. The quantitative estimate of drug-likeness (QED) is 0.404. The van der Waals surface area contributed by atoms with Gasteiger partial charge in [0, 0.05) is 18.7 Å². The van der Waals surface area contributed by atoms with Gasteiger partial charge in [-0.2, -0.15) is 0 Å². The molecule has 0 fully saturated rings. The second kappa shape index (κ2) is 12.1. The molecular formula is C25H25Cl2N3O5S. The topological polar surface area (TPSA) is 105 Å². The third-order valence-electron chi connectivity index (χ3n) is 5.29. The van der Waals surface area contributed by atoms with E-state index >= 15 is 0 Å². The van der Waals surface area contributed by atoms with Crippen LogP contribution in [0.15, 0.2) is 77.7 Å². The molecule has 0 aliphatic rings. The minimum atomic E-state index is -4.36. The van der Waals surface area contributed by atoms with Crippen LogP contribution in [0, 0.1) is 0 Å². The maximum absolute atomic E-state index is 13.6. The lowest BCUT2D eigenvalue weighted by Crippen LogP contribution is -2.53. The van der Waals surface area contributed by atoms with E-state index in [-0.39, 0.29) is 21.4 Å². The summed E-state index contributed by atoms with van der Waals surface area (Å²) >= 11 is 11.9. The van der Waals surface area contributed by atoms with Gasteiger partial charge in [-0.15, -0.1) is 0 Å². The molecule has 0 spiro atoms. The number of urea groups is 1. The number of hydrogen-bond donors (Lipinski definition) is 2. The van der Waals surface area contributed by atoms with Crippen LogP contribution >= 0.6 is 23.2 Å². The summed E-state index contributed by atoms with van der Waals surface area (Å²) in [7, 11) is -2.82. The molecule has 0 aliphatic heterocycles. The van der Waals surface area contributed by atoms with Crippen molar-refractivity contribution < 1.29 is 22.7 Å². The summed E-state index contributed by atoms with van der Waals surface area (Å²) in [4.78, 5) is 27.5. The Hall–Kier alpha value is -3.27. The van der Waals surface area contributed by atoms with Crippen molar-refractivity contribution in [2.45, 2.75) is 24.3 Å². The number of hydrogen-bond acceptors (Lipinski definition) is 5. The Kier molecular flexibility index (Phi) is 9.19. The molecule has 0 aliphatic carbocycles. The van der Waals surface area contributed by atoms with Crippen LogP contribution in [0.3, 0.4) is 0 Å². The first-order valence-electron chi connectivity index (χ1n) is 10.9. The third-order valence-corrected chi connectivity index (χ3v) is 7.59. The number of nitrogens with zero attached hydrogens (tertiary/aromatic N) is 1. The van der Waals surface area contributed by atoms with Gasteiger partial charge in [0.05, 0.1) is 17.2 Å². The van der Waals surface area contributed by atoms with Crippen molar-refractivity contribution in [2.75, 3.05) is 18.6 Å². The molecule has 190 valence electrons. The SMILES string of the molecule is CCN(C(=O)[C@H](Cc1ccccc1)NC(=O)NS(=O)(=O)c1cccc(Cl)c1Cl)c1ccc(OC)cc1. The molecule has 3 rings (SSSR count). The number of anilines is 1. The normalized spacial score (nSPS) is 11.9. The highest BCUT2D eigenvalue weighted by Gasteiger charge is 2.29. The largest absolute Gasteiger partial charge is 0.497 e. The summed E-state index contributed by atoms with van der Waals surface area (Å²) in [5, 5.41) is 2.32. The molecule has 0 unspecified atom stereocenters. The van der Waals surface area contributed by atoms with Crippen LogP contribution < -0.4 is 19.7 Å². The van der Waals surface area contributed by atoms with Gasteiger partial charge in [-0.25, -0.2) is 17.9 Å². The molecule has 3 aromatic carbocycles. The number of sulfonamides is 1. The molecular weight excluding hydrogens is 525 g/mol. The average molecular weight is 550 g/mol. The highest BCUT2D eigenvalue weighted by atomic mass is 35.5. The molecule has 0 bridgehead atoms. The van der Waals surface area contributed by atoms with Gasteiger partial charge in [0.2, 0.25) is 5.91 Å². The standard InChI is InChI=1S/C25H25Cl2N3O5S/c1-3-30(18-12-14-19(35-2)15-13-18)24(31)21(16-17-8-5-4-6-9-17)28-25(32)29-36(33,34)22-11-7-10-20(26)23(22)27/h4-15,21H,3,16H2,1-2H3,(H2,28,29,32)/t21-/m0/s1. The van der Waals surface area contributed by atoms with Crippen molar-refractivity contribution in [1.82, 2.24) is 10.0 Å². The van der Waals surface area contributed by atoms with Crippen LogP contribution in [0.2, 0.25) is 10.0 Å². The van der Waals surface area contributed by atoms with Crippen molar-refractivity contribution >= 4 is 50.9 Å². The minimum Gasteiger partial charge on any atom is -0.497 e. The van der Waals surface area contributed by atoms with Gasteiger partial charge in [0.15, 0.2) is 0 Å². The molecule has 0 saturated heterocycles. The number of carbonyl (C=O) groups is 2. The zero-order valence-corrected chi connectivity index (χ0v) is 21.9. The van der Waals surface area contributed by atoms with E-state index < -0.39 is 28.0 Å². The number of ether oxygens (including phenoxy) is 1. The van der Waals surface area contributed by atoms with Crippen LogP contribution in [-0.2, 0) is 21.2 Å². The van der Waals surface area contributed by atoms with Crippen molar-refractivity contribution in [2.24, 2.45) is 0 Å². The fourth-order valence-electron chi connectivity index (χ4n) is 3.52. The Bertz CT molecular complexity index is 1320. The van der Waals surface area contributed by atoms with Crippen molar-refractivity contribution in [3.63, 3.8) is 0 Å². The fourth-order valence-corrected chi connectivity index (χ4v) is 5.20. The van der Waals surface area contributed by atoms with E-state index in [2.05, 4.69) is 5.32 Å². The van der Waals surface area contributed by atoms with Gasteiger partial charge in [-0.3, -0.25) is 4.79 Å².